The van der Waals surface area contributed by atoms with Crippen molar-refractivity contribution in [2.75, 3.05) is 20.6 Å². The van der Waals surface area contributed by atoms with E-state index in [9.17, 15) is 0 Å². The van der Waals surface area contributed by atoms with Crippen LogP contribution in [0.25, 0.3) is 0 Å². The quantitative estimate of drug-likeness (QED) is 0.673. The lowest BCUT2D eigenvalue weighted by Crippen LogP contribution is -3.07. The average molecular weight is 343 g/mol. The minimum Gasteiger partial charge on any atom is -0.359 e. The van der Waals surface area contributed by atoms with Gasteiger partial charge in [-0.2, -0.15) is 0 Å². The van der Waals surface area contributed by atoms with Gasteiger partial charge in [0.2, 0.25) is 0 Å². The van der Waals surface area contributed by atoms with Crippen LogP contribution in [-0.4, -0.2) is 25.8 Å². The monoisotopic (exact) mass is 342 g/mol. The van der Waals surface area contributed by atoms with Gasteiger partial charge >= 0.3 is 0 Å². The summed E-state index contributed by atoms with van der Waals surface area (Å²) >= 11 is 5.42. The summed E-state index contributed by atoms with van der Waals surface area (Å²) in [6.45, 7) is 3.74. The summed E-state index contributed by atoms with van der Waals surface area (Å²) in [5.41, 5.74) is 3.94. The first-order valence-corrected chi connectivity index (χ1v) is 8.95. The van der Waals surface area contributed by atoms with E-state index in [2.05, 4.69) is 68.1 Å². The minimum absolute atomic E-state index is 0.368. The van der Waals surface area contributed by atoms with E-state index in [1.807, 2.05) is 18.2 Å². The van der Waals surface area contributed by atoms with Crippen molar-refractivity contribution in [3.05, 3.63) is 71.3 Å². The van der Waals surface area contributed by atoms with Crippen LogP contribution in [0.5, 0.6) is 0 Å². The second-order valence-corrected chi connectivity index (χ2v) is 6.68. The first-order valence-electron chi connectivity index (χ1n) is 8.54. The van der Waals surface area contributed by atoms with Crippen LogP contribution in [-0.2, 0) is 13.0 Å². The standard InChI is InChI=1S/C20H27N3S/c1-4-16-10-12-18(13-11-16)19(23(2)3)15-22-20(24)21-14-17-8-6-5-7-9-17/h5-13,19H,4,14-15H2,1-3H3,(H2,21,22,24)/p+1/t19-/m1/s1. The first kappa shape index (κ1) is 18.4. The molecule has 3 N–H and O–H groups in total. The predicted octanol–water partition coefficient (Wildman–Crippen LogP) is 2.10. The maximum Gasteiger partial charge on any atom is 0.166 e. The van der Waals surface area contributed by atoms with Gasteiger partial charge in [-0.05, 0) is 29.8 Å². The number of rotatable bonds is 7. The summed E-state index contributed by atoms with van der Waals surface area (Å²) in [6, 6.07) is 19.6. The fourth-order valence-corrected chi connectivity index (χ4v) is 2.83. The van der Waals surface area contributed by atoms with Gasteiger partial charge in [-0.1, -0.05) is 61.5 Å². The number of likely N-dealkylation sites (N-methyl/N-ethyl adjacent to an activating group) is 1. The third-order valence-corrected chi connectivity index (χ3v) is 4.54. The molecule has 0 heterocycles. The molecule has 0 aliphatic carbocycles. The molecular formula is C20H28N3S+. The van der Waals surface area contributed by atoms with E-state index in [4.69, 9.17) is 12.2 Å². The Balaban J connectivity index is 1.87. The van der Waals surface area contributed by atoms with Gasteiger partial charge in [0.05, 0.1) is 20.6 Å². The highest BCUT2D eigenvalue weighted by Crippen LogP contribution is 2.11. The van der Waals surface area contributed by atoms with Crippen LogP contribution in [0.1, 0.15) is 29.7 Å². The normalized spacial score (nSPS) is 12.0. The van der Waals surface area contributed by atoms with Crippen molar-refractivity contribution in [1.29, 1.82) is 0 Å². The van der Waals surface area contributed by atoms with Crippen molar-refractivity contribution in [3.8, 4) is 0 Å². The molecule has 0 aliphatic heterocycles. The summed E-state index contributed by atoms with van der Waals surface area (Å²) in [6.07, 6.45) is 1.07. The third-order valence-electron chi connectivity index (χ3n) is 4.25. The van der Waals surface area contributed by atoms with E-state index in [0.29, 0.717) is 11.2 Å². The fourth-order valence-electron chi connectivity index (χ4n) is 2.68. The van der Waals surface area contributed by atoms with Gasteiger partial charge in [0.25, 0.3) is 0 Å². The highest BCUT2D eigenvalue weighted by atomic mass is 32.1. The van der Waals surface area contributed by atoms with Crippen molar-refractivity contribution in [2.45, 2.75) is 25.9 Å². The number of quaternary nitrogens is 1. The molecule has 1 atom stereocenters. The lowest BCUT2D eigenvalue weighted by atomic mass is 10.0. The molecule has 128 valence electrons. The Morgan fingerprint density at radius 3 is 2.21 bits per heavy atom. The molecule has 4 heteroatoms. The molecule has 0 unspecified atom stereocenters. The lowest BCUT2D eigenvalue weighted by molar-refractivity contribution is -0.890. The minimum atomic E-state index is 0.368. The second-order valence-electron chi connectivity index (χ2n) is 6.27. The summed E-state index contributed by atoms with van der Waals surface area (Å²) in [5.74, 6) is 0. The van der Waals surface area contributed by atoms with Crippen LogP contribution in [0.2, 0.25) is 0 Å². The van der Waals surface area contributed by atoms with Gasteiger partial charge in [0.15, 0.2) is 5.11 Å². The maximum absolute atomic E-state index is 5.42. The largest absolute Gasteiger partial charge is 0.359 e. The van der Waals surface area contributed by atoms with Crippen LogP contribution in [0.3, 0.4) is 0 Å². The van der Waals surface area contributed by atoms with Crippen LogP contribution in [0.15, 0.2) is 54.6 Å². The highest BCUT2D eigenvalue weighted by Gasteiger charge is 2.17. The molecular weight excluding hydrogens is 314 g/mol. The average Bonchev–Trinajstić information content (AvgIpc) is 2.61. The molecule has 0 spiro atoms. The van der Waals surface area contributed by atoms with Crippen molar-refractivity contribution < 1.29 is 4.90 Å². The van der Waals surface area contributed by atoms with Crippen LogP contribution in [0.4, 0.5) is 0 Å². The first-order chi connectivity index (χ1) is 11.6. The van der Waals surface area contributed by atoms with Crippen molar-refractivity contribution in [2.24, 2.45) is 0 Å². The molecule has 0 amide bonds. The molecule has 24 heavy (non-hydrogen) atoms. The van der Waals surface area contributed by atoms with Crippen molar-refractivity contribution in [1.82, 2.24) is 10.6 Å². The zero-order valence-electron chi connectivity index (χ0n) is 14.8. The van der Waals surface area contributed by atoms with Crippen LogP contribution in [0, 0.1) is 0 Å². The Hall–Kier alpha value is -1.91. The zero-order chi connectivity index (χ0) is 17.4. The molecule has 0 fully saturated rings. The van der Waals surface area contributed by atoms with Crippen LogP contribution >= 0.6 is 12.2 Å². The predicted molar refractivity (Wildman–Crippen MR) is 105 cm³/mol. The molecule has 0 saturated heterocycles. The van der Waals surface area contributed by atoms with E-state index in [1.54, 1.807) is 0 Å². The smallest absolute Gasteiger partial charge is 0.166 e. The number of aryl methyl sites for hydroxylation is 1. The van der Waals surface area contributed by atoms with E-state index >= 15 is 0 Å². The van der Waals surface area contributed by atoms with Gasteiger partial charge in [0.1, 0.15) is 6.04 Å². The Labute approximate surface area is 151 Å². The van der Waals surface area contributed by atoms with Gasteiger partial charge in [-0.3, -0.25) is 0 Å². The Bertz CT molecular complexity index is 623. The van der Waals surface area contributed by atoms with Crippen molar-refractivity contribution in [3.63, 3.8) is 0 Å². The Morgan fingerprint density at radius 2 is 1.62 bits per heavy atom. The van der Waals surface area contributed by atoms with E-state index in [1.165, 1.54) is 21.6 Å². The molecule has 0 bridgehead atoms. The number of thiocarbonyl (C=S) groups is 1. The SMILES string of the molecule is CCc1ccc([C@@H](CNC(=S)NCc2ccccc2)[NH+](C)C)cc1. The topological polar surface area (TPSA) is 28.5 Å². The summed E-state index contributed by atoms with van der Waals surface area (Å²) in [4.78, 5) is 1.39. The Morgan fingerprint density at radius 1 is 0.958 bits per heavy atom. The number of hydrogen-bond acceptors (Lipinski definition) is 1. The summed E-state index contributed by atoms with van der Waals surface area (Å²) in [5, 5.41) is 7.34. The highest BCUT2D eigenvalue weighted by molar-refractivity contribution is 7.80. The molecule has 0 aliphatic rings. The fraction of sp³-hybridized carbons (Fsp3) is 0.350. The Kier molecular flexibility index (Phi) is 7.22. The number of nitrogens with one attached hydrogen (secondary N) is 3. The van der Waals surface area contributed by atoms with E-state index in [-0.39, 0.29) is 0 Å². The van der Waals surface area contributed by atoms with Crippen molar-refractivity contribution >= 4 is 17.3 Å². The summed E-state index contributed by atoms with van der Waals surface area (Å²) < 4.78 is 0. The van der Waals surface area contributed by atoms with Gasteiger partial charge in [-0.15, -0.1) is 0 Å². The molecule has 3 nitrogen and oxygen atoms in total. The summed E-state index contributed by atoms with van der Waals surface area (Å²) in [7, 11) is 4.36. The molecule has 2 aromatic rings. The molecule has 2 aromatic carbocycles. The molecule has 0 radical (unpaired) electrons. The van der Waals surface area contributed by atoms with Gasteiger partial charge < -0.3 is 15.5 Å². The second kappa shape index (κ2) is 9.40. The molecule has 2 rings (SSSR count). The van der Waals surface area contributed by atoms with E-state index in [0.717, 1.165) is 19.5 Å². The van der Waals surface area contributed by atoms with Crippen LogP contribution < -0.4 is 15.5 Å². The zero-order valence-corrected chi connectivity index (χ0v) is 15.6. The third kappa shape index (κ3) is 5.62. The maximum atomic E-state index is 5.42. The van der Waals surface area contributed by atoms with Gasteiger partial charge in [-0.25, -0.2) is 0 Å². The molecule has 0 saturated carbocycles. The van der Waals surface area contributed by atoms with E-state index < -0.39 is 0 Å². The molecule has 0 aromatic heterocycles. The lowest BCUT2D eigenvalue weighted by Gasteiger charge is -2.23. The van der Waals surface area contributed by atoms with Gasteiger partial charge in [0, 0.05) is 12.1 Å². The number of hydrogen-bond donors (Lipinski definition) is 3. The number of benzene rings is 2.